The van der Waals surface area contributed by atoms with Gasteiger partial charge in [0.1, 0.15) is 0 Å². The molecule has 4 N–H and O–H groups in total. The fourth-order valence-electron chi connectivity index (χ4n) is 2.53. The molecule has 0 saturated heterocycles. The molecule has 3 rings (SSSR count). The normalized spacial score (nSPS) is 12.0. The highest BCUT2D eigenvalue weighted by Gasteiger charge is 2.10. The fourth-order valence-corrected chi connectivity index (χ4v) is 3.75. The van der Waals surface area contributed by atoms with Crippen LogP contribution in [0.15, 0.2) is 35.5 Å². The zero-order chi connectivity index (χ0) is 20.6. The van der Waals surface area contributed by atoms with Crippen molar-refractivity contribution in [3.63, 3.8) is 0 Å². The van der Waals surface area contributed by atoms with Crippen molar-refractivity contribution in [3.05, 3.63) is 36.2 Å². The van der Waals surface area contributed by atoms with Crippen LogP contribution >= 0.6 is 23.1 Å². The van der Waals surface area contributed by atoms with Crippen LogP contribution in [-0.2, 0) is 0 Å². The SMILES string of the molecule is CSc1cnc(NC[C@H](C)CNc2nc3ccc(C(=O)NCCO)cc3s2)nc1. The standard InChI is InChI=1S/C19H24N6O2S2/c1-12(8-21-18-22-10-14(28-2)11-23-18)9-24-19-25-15-4-3-13(7-16(15)29-19)17(27)20-5-6-26/h3-4,7,10-12,26H,5-6,8-9H2,1-2H3,(H,20,27)(H,24,25)(H,21,22,23)/t12-/m0/s1. The summed E-state index contributed by atoms with van der Waals surface area (Å²) in [7, 11) is 0. The number of carbonyl (C=O) groups excluding carboxylic acids is 1. The number of thioether (sulfide) groups is 1. The van der Waals surface area contributed by atoms with E-state index in [-0.39, 0.29) is 19.1 Å². The molecule has 29 heavy (non-hydrogen) atoms. The van der Waals surface area contributed by atoms with Crippen LogP contribution < -0.4 is 16.0 Å². The number of nitrogens with zero attached hydrogens (tertiary/aromatic N) is 3. The third kappa shape index (κ3) is 6.02. The molecule has 3 aromatic rings. The maximum atomic E-state index is 12.0. The third-order valence-electron chi connectivity index (χ3n) is 4.12. The largest absolute Gasteiger partial charge is 0.395 e. The number of carbonyl (C=O) groups is 1. The van der Waals surface area contributed by atoms with Gasteiger partial charge in [-0.3, -0.25) is 4.79 Å². The Kier molecular flexibility index (Phi) is 7.62. The van der Waals surface area contributed by atoms with E-state index in [1.54, 1.807) is 17.8 Å². The van der Waals surface area contributed by atoms with Crippen LogP contribution in [0.2, 0.25) is 0 Å². The van der Waals surface area contributed by atoms with Gasteiger partial charge in [-0.1, -0.05) is 18.3 Å². The number of aliphatic hydroxyl groups excluding tert-OH is 1. The van der Waals surface area contributed by atoms with E-state index >= 15 is 0 Å². The summed E-state index contributed by atoms with van der Waals surface area (Å²) in [6.07, 6.45) is 5.61. The van der Waals surface area contributed by atoms with Crippen molar-refractivity contribution in [1.29, 1.82) is 0 Å². The second-order valence-corrected chi connectivity index (χ2v) is 8.40. The number of thiazole rings is 1. The predicted molar refractivity (Wildman–Crippen MR) is 119 cm³/mol. The van der Waals surface area contributed by atoms with Crippen molar-refractivity contribution < 1.29 is 9.90 Å². The average Bonchev–Trinajstić information content (AvgIpc) is 3.17. The lowest BCUT2D eigenvalue weighted by Gasteiger charge is -2.13. The lowest BCUT2D eigenvalue weighted by atomic mass is 10.2. The Bertz CT molecular complexity index is 948. The molecular weight excluding hydrogens is 408 g/mol. The van der Waals surface area contributed by atoms with Crippen LogP contribution in [0, 0.1) is 5.92 Å². The summed E-state index contributed by atoms with van der Waals surface area (Å²) in [6.45, 7) is 3.79. The average molecular weight is 433 g/mol. The van der Waals surface area contributed by atoms with Crippen molar-refractivity contribution in [1.82, 2.24) is 20.3 Å². The molecule has 0 saturated carbocycles. The van der Waals surface area contributed by atoms with Gasteiger partial charge >= 0.3 is 0 Å². The number of fused-ring (bicyclic) bond motifs is 1. The molecular formula is C19H24N6O2S2. The fraction of sp³-hybridized carbons (Fsp3) is 0.368. The molecule has 0 spiro atoms. The minimum Gasteiger partial charge on any atom is -0.395 e. The van der Waals surface area contributed by atoms with Crippen LogP contribution in [0.1, 0.15) is 17.3 Å². The van der Waals surface area contributed by atoms with Crippen LogP contribution in [0.3, 0.4) is 0 Å². The van der Waals surface area contributed by atoms with Gasteiger partial charge in [0.15, 0.2) is 5.13 Å². The van der Waals surface area contributed by atoms with Gasteiger partial charge in [-0.15, -0.1) is 11.8 Å². The van der Waals surface area contributed by atoms with Gasteiger partial charge in [0.2, 0.25) is 5.95 Å². The maximum absolute atomic E-state index is 12.0. The molecule has 1 amide bonds. The van der Waals surface area contributed by atoms with E-state index < -0.39 is 0 Å². The Labute approximate surface area is 177 Å². The zero-order valence-corrected chi connectivity index (χ0v) is 17.9. The highest BCUT2D eigenvalue weighted by Crippen LogP contribution is 2.27. The predicted octanol–water partition coefficient (Wildman–Crippen LogP) is 2.69. The Hall–Kier alpha value is -2.43. The van der Waals surface area contributed by atoms with Gasteiger partial charge in [0.25, 0.3) is 5.91 Å². The summed E-state index contributed by atoms with van der Waals surface area (Å²) < 4.78 is 0.942. The first-order chi connectivity index (χ1) is 14.1. The van der Waals surface area contributed by atoms with Gasteiger partial charge in [0, 0.05) is 42.5 Å². The number of rotatable bonds is 10. The van der Waals surface area contributed by atoms with Gasteiger partial charge in [-0.25, -0.2) is 15.0 Å². The molecule has 0 unspecified atom stereocenters. The minimum atomic E-state index is -0.198. The van der Waals surface area contributed by atoms with Crippen LogP contribution in [0.5, 0.6) is 0 Å². The van der Waals surface area contributed by atoms with Gasteiger partial charge in [-0.05, 0) is 30.4 Å². The number of aromatic nitrogens is 3. The van der Waals surface area contributed by atoms with Crippen molar-refractivity contribution in [3.8, 4) is 0 Å². The smallest absolute Gasteiger partial charge is 0.251 e. The summed E-state index contributed by atoms with van der Waals surface area (Å²) in [5, 5.41) is 18.9. The molecule has 0 aliphatic heterocycles. The molecule has 0 aliphatic rings. The number of amides is 1. The molecule has 2 heterocycles. The van der Waals surface area contributed by atoms with E-state index in [4.69, 9.17) is 5.11 Å². The quantitative estimate of drug-likeness (QED) is 0.362. The first kappa shape index (κ1) is 21.3. The molecule has 0 aliphatic carbocycles. The first-order valence-electron chi connectivity index (χ1n) is 9.22. The Morgan fingerprint density at radius 2 is 2.00 bits per heavy atom. The molecule has 10 heteroatoms. The van der Waals surface area contributed by atoms with Crippen molar-refractivity contribution in [2.45, 2.75) is 11.8 Å². The molecule has 0 bridgehead atoms. The highest BCUT2D eigenvalue weighted by molar-refractivity contribution is 7.98. The van der Waals surface area contributed by atoms with E-state index in [2.05, 4.69) is 37.8 Å². The van der Waals surface area contributed by atoms with Crippen molar-refractivity contribution in [2.24, 2.45) is 5.92 Å². The molecule has 1 atom stereocenters. The molecule has 0 fully saturated rings. The van der Waals surface area contributed by atoms with Crippen molar-refractivity contribution >= 4 is 50.3 Å². The number of nitrogens with one attached hydrogen (secondary N) is 3. The summed E-state index contributed by atoms with van der Waals surface area (Å²) in [5.41, 5.74) is 1.41. The van der Waals surface area contributed by atoms with Gasteiger partial charge in [-0.2, -0.15) is 0 Å². The molecule has 1 aromatic carbocycles. The van der Waals surface area contributed by atoms with E-state index in [0.717, 1.165) is 33.3 Å². The summed E-state index contributed by atoms with van der Waals surface area (Å²) in [6, 6.07) is 5.41. The van der Waals surface area contributed by atoms with Crippen LogP contribution in [0.25, 0.3) is 10.2 Å². The van der Waals surface area contributed by atoms with E-state index in [9.17, 15) is 4.79 Å². The number of benzene rings is 1. The lowest BCUT2D eigenvalue weighted by molar-refractivity contribution is 0.0945. The zero-order valence-electron chi connectivity index (χ0n) is 16.3. The van der Waals surface area contributed by atoms with E-state index in [1.165, 1.54) is 11.3 Å². The molecule has 154 valence electrons. The third-order valence-corrected chi connectivity index (χ3v) is 5.78. The maximum Gasteiger partial charge on any atom is 0.251 e. The number of hydrogen-bond acceptors (Lipinski definition) is 9. The Morgan fingerprint density at radius 1 is 1.24 bits per heavy atom. The molecule has 0 radical (unpaired) electrons. The number of anilines is 2. The summed E-state index contributed by atoms with van der Waals surface area (Å²) in [4.78, 5) is 26.2. The Balaban J connectivity index is 1.52. The van der Waals surface area contributed by atoms with Crippen LogP contribution in [0.4, 0.5) is 11.1 Å². The van der Waals surface area contributed by atoms with Gasteiger partial charge in [0.05, 0.1) is 16.8 Å². The van der Waals surface area contributed by atoms with E-state index in [1.807, 2.05) is 30.8 Å². The van der Waals surface area contributed by atoms with Gasteiger partial charge < -0.3 is 21.1 Å². The minimum absolute atomic E-state index is 0.0785. The number of hydrogen-bond donors (Lipinski definition) is 4. The Morgan fingerprint density at radius 3 is 2.72 bits per heavy atom. The summed E-state index contributed by atoms with van der Waals surface area (Å²) in [5.74, 6) is 0.767. The van der Waals surface area contributed by atoms with Crippen LogP contribution in [-0.4, -0.2) is 58.5 Å². The second-order valence-electron chi connectivity index (χ2n) is 6.49. The second kappa shape index (κ2) is 10.4. The first-order valence-corrected chi connectivity index (χ1v) is 11.3. The van der Waals surface area contributed by atoms with Crippen molar-refractivity contribution in [2.75, 3.05) is 43.1 Å². The topological polar surface area (TPSA) is 112 Å². The highest BCUT2D eigenvalue weighted by atomic mass is 32.2. The monoisotopic (exact) mass is 432 g/mol. The number of aliphatic hydroxyl groups is 1. The molecule has 2 aromatic heterocycles. The molecule has 8 nitrogen and oxygen atoms in total. The lowest BCUT2D eigenvalue weighted by Crippen LogP contribution is -2.26. The summed E-state index contributed by atoms with van der Waals surface area (Å²) >= 11 is 3.13. The van der Waals surface area contributed by atoms with E-state index in [0.29, 0.717) is 17.4 Å².